The van der Waals surface area contributed by atoms with Crippen molar-refractivity contribution in [2.75, 3.05) is 36.9 Å². The summed E-state index contributed by atoms with van der Waals surface area (Å²) in [5, 5.41) is 11.9. The molecule has 0 radical (unpaired) electrons. The number of aromatic carboxylic acids is 1. The lowest BCUT2D eigenvalue weighted by Gasteiger charge is -2.36. The van der Waals surface area contributed by atoms with Gasteiger partial charge in [0, 0.05) is 24.5 Å². The molecule has 114 valence electrons. The fourth-order valence-corrected chi connectivity index (χ4v) is 2.33. The van der Waals surface area contributed by atoms with E-state index >= 15 is 0 Å². The number of amides is 1. The molecule has 21 heavy (non-hydrogen) atoms. The fraction of sp³-hybridized carbons (Fsp3) is 0.429. The molecule has 1 saturated heterocycles. The van der Waals surface area contributed by atoms with E-state index in [1.54, 1.807) is 12.1 Å². The minimum atomic E-state index is -1.09. The van der Waals surface area contributed by atoms with Gasteiger partial charge in [0.15, 0.2) is 0 Å². The van der Waals surface area contributed by atoms with Gasteiger partial charge in [-0.3, -0.25) is 4.79 Å². The minimum Gasteiger partial charge on any atom is -0.478 e. The molecule has 0 aromatic heterocycles. The number of hydrogen-bond donors (Lipinski definition) is 3. The summed E-state index contributed by atoms with van der Waals surface area (Å²) in [6.45, 7) is 3.66. The lowest BCUT2D eigenvalue weighted by molar-refractivity contribution is -0.124. The molecule has 1 fully saturated rings. The van der Waals surface area contributed by atoms with Crippen LogP contribution in [-0.4, -0.2) is 49.3 Å². The second kappa shape index (κ2) is 6.45. The third-order valence-electron chi connectivity index (χ3n) is 3.38. The third kappa shape index (κ3) is 3.25. The van der Waals surface area contributed by atoms with Gasteiger partial charge in [-0.2, -0.15) is 0 Å². The van der Waals surface area contributed by atoms with E-state index in [1.807, 2.05) is 11.8 Å². The van der Waals surface area contributed by atoms with E-state index in [1.165, 1.54) is 6.07 Å². The molecule has 1 amide bonds. The zero-order chi connectivity index (χ0) is 15.4. The topological polar surface area (TPSA) is 105 Å². The average molecular weight is 293 g/mol. The summed E-state index contributed by atoms with van der Waals surface area (Å²) in [6, 6.07) is 4.29. The van der Waals surface area contributed by atoms with Crippen molar-refractivity contribution in [3.05, 3.63) is 23.8 Å². The first-order valence-corrected chi connectivity index (χ1v) is 6.79. The first kappa shape index (κ1) is 15.1. The summed E-state index contributed by atoms with van der Waals surface area (Å²) in [6.07, 6.45) is 0. The van der Waals surface area contributed by atoms with E-state index in [9.17, 15) is 9.59 Å². The van der Waals surface area contributed by atoms with Crippen LogP contribution in [-0.2, 0) is 9.53 Å². The van der Waals surface area contributed by atoms with Crippen LogP contribution in [0.15, 0.2) is 18.2 Å². The Kier molecular flexibility index (Phi) is 4.64. The molecule has 7 heteroatoms. The van der Waals surface area contributed by atoms with Gasteiger partial charge < -0.3 is 25.8 Å². The maximum Gasteiger partial charge on any atom is 0.337 e. The monoisotopic (exact) mass is 293 g/mol. The van der Waals surface area contributed by atoms with Crippen LogP contribution < -0.4 is 16.0 Å². The number of morpholine rings is 1. The van der Waals surface area contributed by atoms with Crippen molar-refractivity contribution in [1.29, 1.82) is 0 Å². The zero-order valence-electron chi connectivity index (χ0n) is 11.8. The molecule has 4 N–H and O–H groups in total. The number of rotatable bonds is 4. The number of anilines is 2. The molecule has 1 aromatic rings. The predicted molar refractivity (Wildman–Crippen MR) is 78.5 cm³/mol. The van der Waals surface area contributed by atoms with Gasteiger partial charge >= 0.3 is 5.97 Å². The Hall–Kier alpha value is -2.28. The highest BCUT2D eigenvalue weighted by Crippen LogP contribution is 2.24. The van der Waals surface area contributed by atoms with Gasteiger partial charge in [0.2, 0.25) is 5.91 Å². The van der Waals surface area contributed by atoms with E-state index in [0.717, 1.165) is 0 Å². The van der Waals surface area contributed by atoms with Crippen LogP contribution in [0, 0.1) is 0 Å². The highest BCUT2D eigenvalue weighted by atomic mass is 16.5. The van der Waals surface area contributed by atoms with Crippen molar-refractivity contribution in [2.24, 2.45) is 0 Å². The summed E-state index contributed by atoms with van der Waals surface area (Å²) < 4.78 is 5.36. The van der Waals surface area contributed by atoms with Gasteiger partial charge in [0.25, 0.3) is 0 Å². The third-order valence-corrected chi connectivity index (χ3v) is 3.38. The molecular weight excluding hydrogens is 274 g/mol. The van der Waals surface area contributed by atoms with Crippen LogP contribution >= 0.6 is 0 Å². The summed E-state index contributed by atoms with van der Waals surface area (Å²) in [5.74, 6) is -1.22. The number of nitrogens with one attached hydrogen (secondary N) is 1. The van der Waals surface area contributed by atoms with Gasteiger partial charge in [-0.25, -0.2) is 4.79 Å². The van der Waals surface area contributed by atoms with Crippen molar-refractivity contribution in [3.63, 3.8) is 0 Å². The molecule has 1 atom stereocenters. The molecule has 0 spiro atoms. The van der Waals surface area contributed by atoms with Crippen molar-refractivity contribution in [1.82, 2.24) is 5.32 Å². The maximum absolute atomic E-state index is 12.1. The first-order valence-electron chi connectivity index (χ1n) is 6.79. The Morgan fingerprint density at radius 2 is 2.29 bits per heavy atom. The number of carbonyl (C=O) groups excluding carboxylic acids is 1. The SMILES string of the molecule is CCNC(=O)C1COCCN1c1ccc(N)c(C(=O)O)c1. The number of hydrogen-bond acceptors (Lipinski definition) is 5. The molecule has 2 rings (SSSR count). The Morgan fingerprint density at radius 1 is 1.52 bits per heavy atom. The van der Waals surface area contributed by atoms with Crippen molar-refractivity contribution in [2.45, 2.75) is 13.0 Å². The number of ether oxygens (including phenoxy) is 1. The van der Waals surface area contributed by atoms with E-state index in [4.69, 9.17) is 15.6 Å². The molecule has 0 aliphatic carbocycles. The molecule has 0 bridgehead atoms. The molecule has 1 heterocycles. The van der Waals surface area contributed by atoms with Crippen LogP contribution in [0.5, 0.6) is 0 Å². The van der Waals surface area contributed by atoms with E-state index < -0.39 is 12.0 Å². The van der Waals surface area contributed by atoms with Gasteiger partial charge in [-0.05, 0) is 25.1 Å². The summed E-state index contributed by atoms with van der Waals surface area (Å²) >= 11 is 0. The van der Waals surface area contributed by atoms with Crippen LogP contribution in [0.2, 0.25) is 0 Å². The van der Waals surface area contributed by atoms with Crippen molar-refractivity contribution >= 4 is 23.3 Å². The van der Waals surface area contributed by atoms with Gasteiger partial charge in [-0.15, -0.1) is 0 Å². The molecule has 1 aromatic carbocycles. The van der Waals surface area contributed by atoms with Gasteiger partial charge in [0.1, 0.15) is 6.04 Å². The van der Waals surface area contributed by atoms with E-state index in [0.29, 0.717) is 25.4 Å². The Labute approximate surface area is 122 Å². The average Bonchev–Trinajstić information content (AvgIpc) is 2.47. The normalized spacial score (nSPS) is 18.3. The molecule has 0 saturated carbocycles. The lowest BCUT2D eigenvalue weighted by Crippen LogP contribution is -2.54. The Morgan fingerprint density at radius 3 is 2.95 bits per heavy atom. The fourth-order valence-electron chi connectivity index (χ4n) is 2.33. The lowest BCUT2D eigenvalue weighted by atomic mass is 10.1. The zero-order valence-corrected chi connectivity index (χ0v) is 11.8. The number of nitrogens with zero attached hydrogens (tertiary/aromatic N) is 1. The standard InChI is InChI=1S/C14H19N3O4/c1-2-16-13(18)12-8-21-6-5-17(12)9-3-4-11(15)10(7-9)14(19)20/h3-4,7,12H,2,5-6,8,15H2,1H3,(H,16,18)(H,19,20). The van der Waals surface area contributed by atoms with Crippen LogP contribution in [0.25, 0.3) is 0 Å². The van der Waals surface area contributed by atoms with Crippen molar-refractivity contribution in [3.8, 4) is 0 Å². The van der Waals surface area contributed by atoms with Gasteiger partial charge in [0.05, 0.1) is 18.8 Å². The van der Waals surface area contributed by atoms with E-state index in [-0.39, 0.29) is 23.8 Å². The highest BCUT2D eigenvalue weighted by molar-refractivity contribution is 5.95. The second-order valence-electron chi connectivity index (χ2n) is 4.76. The number of nitrogens with two attached hydrogens (primary N) is 1. The van der Waals surface area contributed by atoms with E-state index in [2.05, 4.69) is 5.32 Å². The quantitative estimate of drug-likeness (QED) is 0.690. The summed E-state index contributed by atoms with van der Waals surface area (Å²) in [7, 11) is 0. The summed E-state index contributed by atoms with van der Waals surface area (Å²) in [4.78, 5) is 25.1. The maximum atomic E-state index is 12.1. The molecular formula is C14H19N3O4. The van der Waals surface area contributed by atoms with Crippen LogP contribution in [0.3, 0.4) is 0 Å². The smallest absolute Gasteiger partial charge is 0.337 e. The van der Waals surface area contributed by atoms with Crippen molar-refractivity contribution < 1.29 is 19.4 Å². The Bertz CT molecular complexity index is 547. The molecule has 1 aliphatic rings. The highest BCUT2D eigenvalue weighted by Gasteiger charge is 2.29. The van der Waals surface area contributed by atoms with Gasteiger partial charge in [-0.1, -0.05) is 0 Å². The molecule has 7 nitrogen and oxygen atoms in total. The van der Waals surface area contributed by atoms with Crippen LogP contribution in [0.1, 0.15) is 17.3 Å². The largest absolute Gasteiger partial charge is 0.478 e. The first-order chi connectivity index (χ1) is 10.0. The number of carboxylic acid groups (broad SMARTS) is 1. The van der Waals surface area contributed by atoms with Crippen LogP contribution in [0.4, 0.5) is 11.4 Å². The predicted octanol–water partition coefficient (Wildman–Crippen LogP) is 0.308. The number of nitrogen functional groups attached to an aromatic ring is 1. The molecule has 1 unspecified atom stereocenters. The minimum absolute atomic E-state index is 0.0358. The molecule has 1 aliphatic heterocycles. The second-order valence-corrected chi connectivity index (χ2v) is 4.76. The number of likely N-dealkylation sites (N-methyl/N-ethyl adjacent to an activating group) is 1. The summed E-state index contributed by atoms with van der Waals surface area (Å²) in [5.41, 5.74) is 6.55. The Balaban J connectivity index is 2.31. The number of carboxylic acids is 1. The number of carbonyl (C=O) groups is 2. The number of benzene rings is 1.